The molecule has 0 aliphatic rings. The molecule has 0 spiro atoms. The van der Waals surface area contributed by atoms with Crippen LogP contribution in [0.1, 0.15) is 5.56 Å². The first kappa shape index (κ1) is 13.2. The summed E-state index contributed by atoms with van der Waals surface area (Å²) in [6.45, 7) is 0. The number of nitrogens with one attached hydrogen (secondary N) is 1. The zero-order valence-electron chi connectivity index (χ0n) is 10.2. The van der Waals surface area contributed by atoms with Gasteiger partial charge in [0.2, 0.25) is 0 Å². The van der Waals surface area contributed by atoms with Crippen LogP contribution in [0.25, 0.3) is 5.69 Å². The van der Waals surface area contributed by atoms with Gasteiger partial charge in [-0.05, 0) is 6.07 Å². The molecule has 1 N–H and O–H groups in total. The molecule has 0 aliphatic carbocycles. The molecule has 2 rings (SSSR count). The number of rotatable bonds is 2. The summed E-state index contributed by atoms with van der Waals surface area (Å²) in [6.07, 6.45) is -0.981. The third-order valence-corrected chi connectivity index (χ3v) is 2.58. The molecule has 2 heterocycles. The minimum absolute atomic E-state index is 0.126. The van der Waals surface area contributed by atoms with Gasteiger partial charge in [-0.15, -0.1) is 0 Å². The summed E-state index contributed by atoms with van der Waals surface area (Å²) in [5, 5.41) is 6.30. The Kier molecular flexibility index (Phi) is 3.09. The van der Waals surface area contributed by atoms with E-state index in [1.54, 1.807) is 7.05 Å². The van der Waals surface area contributed by atoms with Crippen LogP contribution in [0, 0.1) is 0 Å². The van der Waals surface area contributed by atoms with Crippen molar-refractivity contribution in [3.05, 3.63) is 40.6 Å². The Balaban J connectivity index is 2.69. The van der Waals surface area contributed by atoms with Crippen LogP contribution in [0.2, 0.25) is 0 Å². The molecular formula is C11H11F3N4O. The SMILES string of the molecule is CNc1cc(C(F)(F)F)cn(-c2cnn(C)c2)c1=O. The molecule has 0 aromatic carbocycles. The molecular weight excluding hydrogens is 261 g/mol. The van der Waals surface area contributed by atoms with E-state index in [-0.39, 0.29) is 11.4 Å². The van der Waals surface area contributed by atoms with Crippen molar-refractivity contribution in [1.29, 1.82) is 0 Å². The Labute approximate surface area is 106 Å². The van der Waals surface area contributed by atoms with Crippen molar-refractivity contribution in [2.24, 2.45) is 7.05 Å². The number of nitrogens with zero attached hydrogens (tertiary/aromatic N) is 3. The molecule has 0 radical (unpaired) electrons. The Hall–Kier alpha value is -2.25. The van der Waals surface area contributed by atoms with Crippen molar-refractivity contribution in [3.63, 3.8) is 0 Å². The second-order valence-electron chi connectivity index (χ2n) is 3.94. The van der Waals surface area contributed by atoms with E-state index in [4.69, 9.17) is 0 Å². The zero-order chi connectivity index (χ0) is 14.2. The maximum Gasteiger partial charge on any atom is 0.417 e. The van der Waals surface area contributed by atoms with E-state index in [0.29, 0.717) is 0 Å². The van der Waals surface area contributed by atoms with E-state index >= 15 is 0 Å². The molecule has 0 fully saturated rings. The molecule has 19 heavy (non-hydrogen) atoms. The summed E-state index contributed by atoms with van der Waals surface area (Å²) in [5.41, 5.74) is -1.32. The normalized spacial score (nSPS) is 11.6. The van der Waals surface area contributed by atoms with Crippen LogP contribution in [0.5, 0.6) is 0 Å². The summed E-state index contributed by atoms with van der Waals surface area (Å²) in [7, 11) is 3.01. The third-order valence-electron chi connectivity index (χ3n) is 2.58. The lowest BCUT2D eigenvalue weighted by molar-refractivity contribution is -0.137. The van der Waals surface area contributed by atoms with Crippen molar-refractivity contribution in [1.82, 2.24) is 14.3 Å². The van der Waals surface area contributed by atoms with Crippen molar-refractivity contribution < 1.29 is 13.2 Å². The van der Waals surface area contributed by atoms with Gasteiger partial charge in [0.1, 0.15) is 5.69 Å². The lowest BCUT2D eigenvalue weighted by Crippen LogP contribution is -2.23. The number of hydrogen-bond donors (Lipinski definition) is 1. The van der Waals surface area contributed by atoms with Crippen LogP contribution < -0.4 is 10.9 Å². The van der Waals surface area contributed by atoms with Gasteiger partial charge >= 0.3 is 6.18 Å². The highest BCUT2D eigenvalue weighted by atomic mass is 19.4. The first-order valence-electron chi connectivity index (χ1n) is 5.33. The average Bonchev–Trinajstić information content (AvgIpc) is 2.74. The Bertz CT molecular complexity index is 657. The van der Waals surface area contributed by atoms with Crippen LogP contribution in [0.4, 0.5) is 18.9 Å². The quantitative estimate of drug-likeness (QED) is 0.904. The van der Waals surface area contributed by atoms with Gasteiger partial charge in [0, 0.05) is 26.5 Å². The van der Waals surface area contributed by atoms with Crippen LogP contribution >= 0.6 is 0 Å². The molecule has 0 aliphatic heterocycles. The standard InChI is InChI=1S/C11H11F3N4O/c1-15-9-3-7(11(12,13)14)5-18(10(9)19)8-4-16-17(2)6-8/h3-6,15H,1-2H3. The molecule has 0 saturated carbocycles. The highest BCUT2D eigenvalue weighted by molar-refractivity contribution is 5.46. The van der Waals surface area contributed by atoms with Gasteiger partial charge in [0.05, 0.1) is 17.4 Å². The van der Waals surface area contributed by atoms with E-state index < -0.39 is 17.3 Å². The first-order chi connectivity index (χ1) is 8.82. The smallest absolute Gasteiger partial charge is 0.384 e. The average molecular weight is 272 g/mol. The fourth-order valence-corrected chi connectivity index (χ4v) is 1.64. The van der Waals surface area contributed by atoms with Gasteiger partial charge in [-0.1, -0.05) is 0 Å². The van der Waals surface area contributed by atoms with E-state index in [9.17, 15) is 18.0 Å². The fourth-order valence-electron chi connectivity index (χ4n) is 1.64. The third kappa shape index (κ3) is 2.47. The lowest BCUT2D eigenvalue weighted by Gasteiger charge is -2.12. The number of pyridine rings is 1. The van der Waals surface area contributed by atoms with E-state index in [0.717, 1.165) is 16.8 Å². The van der Waals surface area contributed by atoms with E-state index in [1.807, 2.05) is 0 Å². The van der Waals surface area contributed by atoms with Crippen molar-refractivity contribution >= 4 is 5.69 Å². The van der Waals surface area contributed by atoms with E-state index in [2.05, 4.69) is 10.4 Å². The predicted molar refractivity (Wildman–Crippen MR) is 63.4 cm³/mol. The second-order valence-corrected chi connectivity index (χ2v) is 3.94. The summed E-state index contributed by atoms with van der Waals surface area (Å²) in [6, 6.07) is 0.787. The topological polar surface area (TPSA) is 51.9 Å². The highest BCUT2D eigenvalue weighted by Gasteiger charge is 2.32. The molecule has 8 heteroatoms. The Morgan fingerprint density at radius 2 is 2.00 bits per heavy atom. The second kappa shape index (κ2) is 4.45. The number of alkyl halides is 3. The highest BCUT2D eigenvalue weighted by Crippen LogP contribution is 2.30. The molecule has 0 saturated heterocycles. The van der Waals surface area contributed by atoms with Gasteiger partial charge in [0.25, 0.3) is 5.56 Å². The van der Waals surface area contributed by atoms with Crippen LogP contribution in [0.15, 0.2) is 29.5 Å². The Morgan fingerprint density at radius 3 is 2.47 bits per heavy atom. The molecule has 102 valence electrons. The minimum Gasteiger partial charge on any atom is -0.384 e. The van der Waals surface area contributed by atoms with Gasteiger partial charge < -0.3 is 5.32 Å². The van der Waals surface area contributed by atoms with Gasteiger partial charge in [-0.3, -0.25) is 14.0 Å². The molecule has 2 aromatic heterocycles. The summed E-state index contributed by atoms with van der Waals surface area (Å²) in [4.78, 5) is 12.0. The fraction of sp³-hybridized carbons (Fsp3) is 0.273. The Morgan fingerprint density at radius 1 is 1.32 bits per heavy atom. The van der Waals surface area contributed by atoms with Crippen molar-refractivity contribution in [2.75, 3.05) is 12.4 Å². The molecule has 0 atom stereocenters. The number of halogens is 3. The van der Waals surface area contributed by atoms with Crippen LogP contribution in [-0.2, 0) is 13.2 Å². The molecule has 5 nitrogen and oxygen atoms in total. The minimum atomic E-state index is -4.52. The van der Waals surface area contributed by atoms with E-state index in [1.165, 1.54) is 24.1 Å². The van der Waals surface area contributed by atoms with Crippen molar-refractivity contribution in [2.45, 2.75) is 6.18 Å². The molecule has 0 bridgehead atoms. The summed E-state index contributed by atoms with van der Waals surface area (Å²) < 4.78 is 40.6. The molecule has 2 aromatic rings. The molecule has 0 unspecified atom stereocenters. The lowest BCUT2D eigenvalue weighted by atomic mass is 10.2. The summed E-state index contributed by atoms with van der Waals surface area (Å²) >= 11 is 0. The maximum atomic E-state index is 12.8. The van der Waals surface area contributed by atoms with Crippen molar-refractivity contribution in [3.8, 4) is 5.69 Å². The first-order valence-corrected chi connectivity index (χ1v) is 5.33. The number of hydrogen-bond acceptors (Lipinski definition) is 3. The maximum absolute atomic E-state index is 12.8. The zero-order valence-corrected chi connectivity index (χ0v) is 10.2. The van der Waals surface area contributed by atoms with Gasteiger partial charge in [-0.2, -0.15) is 18.3 Å². The largest absolute Gasteiger partial charge is 0.417 e. The van der Waals surface area contributed by atoms with Gasteiger partial charge in [0.15, 0.2) is 0 Å². The molecule has 0 amide bonds. The summed E-state index contributed by atoms with van der Waals surface area (Å²) in [5.74, 6) is 0. The number of aromatic nitrogens is 3. The number of aryl methyl sites for hydroxylation is 1. The van der Waals surface area contributed by atoms with Crippen LogP contribution in [0.3, 0.4) is 0 Å². The monoisotopic (exact) mass is 272 g/mol. The van der Waals surface area contributed by atoms with Crippen LogP contribution in [-0.4, -0.2) is 21.4 Å². The van der Waals surface area contributed by atoms with Gasteiger partial charge in [-0.25, -0.2) is 0 Å². The predicted octanol–water partition coefficient (Wildman–Crippen LogP) is 1.63. The number of anilines is 1.